The molecule has 0 aliphatic carbocycles. The lowest BCUT2D eigenvalue weighted by molar-refractivity contribution is -0.187. The zero-order valence-electron chi connectivity index (χ0n) is 18.0. The van der Waals surface area contributed by atoms with Crippen LogP contribution in [0.15, 0.2) is 42.5 Å². The van der Waals surface area contributed by atoms with Crippen molar-refractivity contribution in [2.45, 2.75) is 37.7 Å². The van der Waals surface area contributed by atoms with E-state index < -0.39 is 11.5 Å². The van der Waals surface area contributed by atoms with E-state index in [9.17, 15) is 9.59 Å². The summed E-state index contributed by atoms with van der Waals surface area (Å²) in [7, 11) is 0. The first-order valence-corrected chi connectivity index (χ1v) is 10.8. The second-order valence-corrected chi connectivity index (χ2v) is 8.37. The van der Waals surface area contributed by atoms with Crippen molar-refractivity contribution in [3.8, 4) is 16.9 Å². The van der Waals surface area contributed by atoms with Gasteiger partial charge in [-0.3, -0.25) is 9.59 Å². The number of rotatable bonds is 5. The van der Waals surface area contributed by atoms with Crippen molar-refractivity contribution in [2.24, 2.45) is 0 Å². The van der Waals surface area contributed by atoms with Gasteiger partial charge in [0.15, 0.2) is 5.60 Å². The highest BCUT2D eigenvalue weighted by molar-refractivity contribution is 5.94. The van der Waals surface area contributed by atoms with Gasteiger partial charge in [0.2, 0.25) is 5.91 Å². The van der Waals surface area contributed by atoms with Gasteiger partial charge in [0.1, 0.15) is 5.75 Å². The number of hydrogen-bond donors (Lipinski definition) is 3. The second kappa shape index (κ2) is 8.86. The van der Waals surface area contributed by atoms with Crippen molar-refractivity contribution in [3.05, 3.63) is 53.6 Å². The predicted octanol–water partition coefficient (Wildman–Crippen LogP) is 2.91. The number of nitrogens with one attached hydrogen (secondary N) is 3. The molecule has 1 saturated heterocycles. The monoisotopic (exact) mass is 443 g/mol. The smallest absolute Gasteiger partial charge is 0.291 e. The first-order chi connectivity index (χ1) is 15.3. The minimum absolute atomic E-state index is 0.150. The van der Waals surface area contributed by atoms with Crippen molar-refractivity contribution >= 4 is 11.8 Å². The van der Waals surface area contributed by atoms with Gasteiger partial charge in [-0.2, -0.15) is 0 Å². The number of benzene rings is 2. The summed E-state index contributed by atoms with van der Waals surface area (Å²) in [5, 5.41) is 8.47. The number of carbonyl (C=O) groups is 2. The molecule has 32 heavy (non-hydrogen) atoms. The molecule has 0 unspecified atom stereocenters. The van der Waals surface area contributed by atoms with Crippen LogP contribution in [0.2, 0.25) is 0 Å². The fraction of sp³-hybridized carbons (Fsp3) is 0.417. The van der Waals surface area contributed by atoms with Crippen molar-refractivity contribution < 1.29 is 23.1 Å². The van der Waals surface area contributed by atoms with Crippen LogP contribution in [-0.2, 0) is 11.2 Å². The number of amides is 2. The number of hydrogen-bond acceptors (Lipinski definition) is 4. The SMILES string of the molecule is CC(=O)NCCNC(=O)c1ccc(-c2ccc3c(c2)CC(F)(F)C2(CCNCC2)O3)cc1. The highest BCUT2D eigenvalue weighted by atomic mass is 19.3. The van der Waals surface area contributed by atoms with E-state index in [4.69, 9.17) is 4.74 Å². The van der Waals surface area contributed by atoms with E-state index in [0.29, 0.717) is 43.1 Å². The largest absolute Gasteiger partial charge is 0.481 e. The average molecular weight is 443 g/mol. The molecule has 1 spiro atoms. The lowest BCUT2D eigenvalue weighted by Gasteiger charge is -2.46. The number of carbonyl (C=O) groups excluding carboxylic acids is 2. The molecule has 3 N–H and O–H groups in total. The van der Waals surface area contributed by atoms with Crippen LogP contribution in [0.1, 0.15) is 35.7 Å². The predicted molar refractivity (Wildman–Crippen MR) is 117 cm³/mol. The fourth-order valence-corrected chi connectivity index (χ4v) is 4.31. The Morgan fingerprint density at radius 2 is 1.66 bits per heavy atom. The summed E-state index contributed by atoms with van der Waals surface area (Å²) in [5.74, 6) is -2.80. The summed E-state index contributed by atoms with van der Waals surface area (Å²) in [6, 6.07) is 12.3. The normalized spacial score (nSPS) is 18.3. The molecule has 2 aliphatic rings. The van der Waals surface area contributed by atoms with E-state index in [1.807, 2.05) is 6.07 Å². The molecule has 6 nitrogen and oxygen atoms in total. The highest BCUT2D eigenvalue weighted by Crippen LogP contribution is 2.48. The standard InChI is InChI=1S/C24H27F2N3O3/c1-16(30)28-12-13-29-22(31)18-4-2-17(3-5-18)19-6-7-21-20(14-19)15-24(25,26)23(32-21)8-10-27-11-9-23/h2-7,14,27H,8-13,15H2,1H3,(H,28,30)(H,29,31). The molecule has 0 bridgehead atoms. The topological polar surface area (TPSA) is 79.5 Å². The molecule has 1 fully saturated rings. The third kappa shape index (κ3) is 4.46. The minimum Gasteiger partial charge on any atom is -0.481 e. The molecule has 2 amide bonds. The summed E-state index contributed by atoms with van der Waals surface area (Å²) in [5.41, 5.74) is 1.17. The second-order valence-electron chi connectivity index (χ2n) is 8.37. The first kappa shape index (κ1) is 22.2. The molecule has 4 rings (SSSR count). The molecular weight excluding hydrogens is 416 g/mol. The minimum atomic E-state index is -2.93. The van der Waals surface area contributed by atoms with Crippen LogP contribution >= 0.6 is 0 Å². The van der Waals surface area contributed by atoms with E-state index in [-0.39, 0.29) is 31.1 Å². The number of fused-ring (bicyclic) bond motifs is 1. The quantitative estimate of drug-likeness (QED) is 0.621. The van der Waals surface area contributed by atoms with Crippen molar-refractivity contribution in [1.29, 1.82) is 0 Å². The maximum absolute atomic E-state index is 15.1. The van der Waals surface area contributed by atoms with Gasteiger partial charge in [0, 0.05) is 50.4 Å². The van der Waals surface area contributed by atoms with E-state index in [0.717, 1.165) is 11.1 Å². The number of piperidine rings is 1. The van der Waals surface area contributed by atoms with Crippen molar-refractivity contribution in [2.75, 3.05) is 26.2 Å². The van der Waals surface area contributed by atoms with Gasteiger partial charge >= 0.3 is 0 Å². The van der Waals surface area contributed by atoms with Gasteiger partial charge in [-0.25, -0.2) is 8.78 Å². The van der Waals surface area contributed by atoms with Crippen LogP contribution in [0.25, 0.3) is 11.1 Å². The Labute approximate surface area is 185 Å². The zero-order valence-corrected chi connectivity index (χ0v) is 18.0. The Bertz CT molecular complexity index is 1000. The zero-order chi connectivity index (χ0) is 22.8. The van der Waals surface area contributed by atoms with Crippen molar-refractivity contribution in [3.63, 3.8) is 0 Å². The Morgan fingerprint density at radius 1 is 1.00 bits per heavy atom. The van der Waals surface area contributed by atoms with Crippen LogP contribution < -0.4 is 20.7 Å². The summed E-state index contributed by atoms with van der Waals surface area (Å²) in [4.78, 5) is 23.1. The van der Waals surface area contributed by atoms with E-state index in [1.165, 1.54) is 6.92 Å². The maximum atomic E-state index is 15.1. The third-order valence-electron chi connectivity index (χ3n) is 6.12. The lowest BCUT2D eigenvalue weighted by Crippen LogP contribution is -2.60. The summed E-state index contributed by atoms with van der Waals surface area (Å²) < 4.78 is 36.0. The van der Waals surface area contributed by atoms with Crippen LogP contribution in [-0.4, -0.2) is 49.5 Å². The highest BCUT2D eigenvalue weighted by Gasteiger charge is 2.58. The van der Waals surface area contributed by atoms with Gasteiger partial charge in [0.05, 0.1) is 0 Å². The molecule has 0 atom stereocenters. The molecule has 170 valence electrons. The maximum Gasteiger partial charge on any atom is 0.291 e. The first-order valence-electron chi connectivity index (χ1n) is 10.8. The van der Waals surface area contributed by atoms with E-state index >= 15 is 8.78 Å². The molecule has 2 aromatic rings. The summed E-state index contributed by atoms with van der Waals surface area (Å²) >= 11 is 0. The van der Waals surface area contributed by atoms with Crippen molar-refractivity contribution in [1.82, 2.24) is 16.0 Å². The molecule has 0 radical (unpaired) electrons. The number of alkyl halides is 2. The Balaban J connectivity index is 1.46. The van der Waals surface area contributed by atoms with Gasteiger partial charge in [-0.1, -0.05) is 18.2 Å². The van der Waals surface area contributed by atoms with Crippen LogP contribution in [0.5, 0.6) is 5.75 Å². The van der Waals surface area contributed by atoms with Gasteiger partial charge < -0.3 is 20.7 Å². The Morgan fingerprint density at radius 3 is 2.34 bits per heavy atom. The molecule has 0 aromatic heterocycles. The summed E-state index contributed by atoms with van der Waals surface area (Å²) in [6.45, 7) is 3.15. The van der Waals surface area contributed by atoms with Gasteiger partial charge in [-0.05, 0) is 48.5 Å². The third-order valence-corrected chi connectivity index (χ3v) is 6.12. The molecule has 2 aromatic carbocycles. The number of ether oxygens (including phenoxy) is 1. The van der Waals surface area contributed by atoms with E-state index in [1.54, 1.807) is 36.4 Å². The number of halogens is 2. The molecule has 0 saturated carbocycles. The molecular formula is C24H27F2N3O3. The lowest BCUT2D eigenvalue weighted by atomic mass is 9.80. The fourth-order valence-electron chi connectivity index (χ4n) is 4.31. The Hall–Kier alpha value is -3.00. The summed E-state index contributed by atoms with van der Waals surface area (Å²) in [6.07, 6.45) is 0.232. The van der Waals surface area contributed by atoms with Crippen LogP contribution in [0, 0.1) is 0 Å². The van der Waals surface area contributed by atoms with E-state index in [2.05, 4.69) is 16.0 Å². The molecule has 2 aliphatic heterocycles. The Kier molecular flexibility index (Phi) is 6.15. The molecule has 2 heterocycles. The van der Waals surface area contributed by atoms with Crippen LogP contribution in [0.3, 0.4) is 0 Å². The van der Waals surface area contributed by atoms with Crippen LogP contribution in [0.4, 0.5) is 8.78 Å². The van der Waals surface area contributed by atoms with Gasteiger partial charge in [-0.15, -0.1) is 0 Å². The van der Waals surface area contributed by atoms with Gasteiger partial charge in [0.25, 0.3) is 11.8 Å². The molecule has 8 heteroatoms. The average Bonchev–Trinajstić information content (AvgIpc) is 2.77.